The van der Waals surface area contributed by atoms with Crippen molar-refractivity contribution in [2.75, 3.05) is 25.1 Å². The van der Waals surface area contributed by atoms with E-state index in [4.69, 9.17) is 0 Å². The number of alkyl halides is 2. The summed E-state index contributed by atoms with van der Waals surface area (Å²) in [6, 6.07) is 6.71. The van der Waals surface area contributed by atoms with Crippen molar-refractivity contribution >= 4 is 11.7 Å². The lowest BCUT2D eigenvalue weighted by Gasteiger charge is -2.18. The molecule has 0 N–H and O–H groups in total. The number of nitrogens with zero attached hydrogens (tertiary/aromatic N) is 1. The summed E-state index contributed by atoms with van der Waals surface area (Å²) in [6.07, 6.45) is 1.83. The summed E-state index contributed by atoms with van der Waals surface area (Å²) in [7, 11) is 1.31. The fourth-order valence-electron chi connectivity index (χ4n) is 2.94. The van der Waals surface area contributed by atoms with E-state index in [0.717, 1.165) is 12.8 Å². The van der Waals surface area contributed by atoms with Gasteiger partial charge in [-0.1, -0.05) is 6.07 Å². The number of halogens is 2. The molecule has 1 saturated carbocycles. The molecule has 0 radical (unpaired) electrons. The van der Waals surface area contributed by atoms with Crippen LogP contribution < -0.4 is 4.90 Å². The number of esters is 1. The molecule has 2 fully saturated rings. The molecule has 0 aromatic heterocycles. The predicted molar refractivity (Wildman–Crippen MR) is 71.2 cm³/mol. The summed E-state index contributed by atoms with van der Waals surface area (Å²) in [5, 5.41) is 0. The Hall–Kier alpha value is -1.65. The number of carbonyl (C=O) groups is 1. The number of carbonyl (C=O) groups excluding carboxylic acids is 1. The van der Waals surface area contributed by atoms with Crippen LogP contribution in [0.15, 0.2) is 24.3 Å². The molecular formula is C15H17F2NO2. The van der Waals surface area contributed by atoms with Crippen molar-refractivity contribution < 1.29 is 18.3 Å². The third-order valence-corrected chi connectivity index (χ3v) is 4.18. The summed E-state index contributed by atoms with van der Waals surface area (Å²) in [6.45, 7) is 0.0983. The Morgan fingerprint density at radius 1 is 1.40 bits per heavy atom. The smallest absolute Gasteiger partial charge is 0.337 e. The first-order chi connectivity index (χ1) is 9.51. The molecule has 0 bridgehead atoms. The highest BCUT2D eigenvalue weighted by Crippen LogP contribution is 2.48. The van der Waals surface area contributed by atoms with E-state index >= 15 is 0 Å². The Balaban J connectivity index is 1.81. The van der Waals surface area contributed by atoms with Crippen LogP contribution in [0.3, 0.4) is 0 Å². The SMILES string of the molecule is COC(=O)c1cccc(N2CC(C3CC3)C(F)(F)C2)c1. The lowest BCUT2D eigenvalue weighted by atomic mass is 10.00. The van der Waals surface area contributed by atoms with Crippen LogP contribution in [-0.2, 0) is 4.74 Å². The molecule has 20 heavy (non-hydrogen) atoms. The highest BCUT2D eigenvalue weighted by molar-refractivity contribution is 5.90. The molecule has 1 aliphatic carbocycles. The van der Waals surface area contributed by atoms with Gasteiger partial charge in [-0.3, -0.25) is 0 Å². The standard InChI is InChI=1S/C15H17F2NO2/c1-20-14(19)11-3-2-4-12(7-11)18-8-13(10-5-6-10)15(16,17)9-18/h2-4,7,10,13H,5-6,8-9H2,1H3. The molecule has 0 amide bonds. The van der Waals surface area contributed by atoms with Crippen LogP contribution in [0.5, 0.6) is 0 Å². The van der Waals surface area contributed by atoms with Crippen LogP contribution in [0.1, 0.15) is 23.2 Å². The summed E-state index contributed by atoms with van der Waals surface area (Å²) in [5.41, 5.74) is 1.05. The highest BCUT2D eigenvalue weighted by Gasteiger charge is 2.54. The Labute approximate surface area is 116 Å². The minimum absolute atomic E-state index is 0.166. The number of methoxy groups -OCH3 is 1. The first-order valence-electron chi connectivity index (χ1n) is 6.82. The molecule has 1 aromatic carbocycles. The van der Waals surface area contributed by atoms with Gasteiger partial charge in [0.2, 0.25) is 0 Å². The Bertz CT molecular complexity index is 528. The average Bonchev–Trinajstić information content (AvgIpc) is 3.22. The largest absolute Gasteiger partial charge is 0.465 e. The Morgan fingerprint density at radius 3 is 2.80 bits per heavy atom. The Morgan fingerprint density at radius 2 is 2.15 bits per heavy atom. The number of benzene rings is 1. The van der Waals surface area contributed by atoms with E-state index in [1.165, 1.54) is 7.11 Å². The molecule has 1 aliphatic heterocycles. The monoisotopic (exact) mass is 281 g/mol. The molecule has 3 nitrogen and oxygen atoms in total. The molecule has 3 rings (SSSR count). The summed E-state index contributed by atoms with van der Waals surface area (Å²) in [4.78, 5) is 13.2. The molecule has 1 unspecified atom stereocenters. The van der Waals surface area contributed by atoms with Crippen molar-refractivity contribution in [2.24, 2.45) is 11.8 Å². The molecule has 1 aromatic rings. The fraction of sp³-hybridized carbons (Fsp3) is 0.533. The van der Waals surface area contributed by atoms with E-state index < -0.39 is 17.8 Å². The summed E-state index contributed by atoms with van der Waals surface area (Å²) < 4.78 is 32.7. The number of rotatable bonds is 3. The zero-order valence-electron chi connectivity index (χ0n) is 11.3. The van der Waals surface area contributed by atoms with Gasteiger partial charge in [0.25, 0.3) is 5.92 Å². The lowest BCUT2D eigenvalue weighted by molar-refractivity contribution is -0.0284. The number of hydrogen-bond acceptors (Lipinski definition) is 3. The molecule has 108 valence electrons. The van der Waals surface area contributed by atoms with Crippen LogP contribution in [0.4, 0.5) is 14.5 Å². The van der Waals surface area contributed by atoms with Gasteiger partial charge >= 0.3 is 5.97 Å². The maximum atomic E-state index is 14.0. The zero-order chi connectivity index (χ0) is 14.3. The van der Waals surface area contributed by atoms with Gasteiger partial charge in [-0.05, 0) is 37.0 Å². The summed E-state index contributed by atoms with van der Waals surface area (Å²) in [5.74, 6) is -3.47. The second-order valence-corrected chi connectivity index (χ2v) is 5.63. The third-order valence-electron chi connectivity index (χ3n) is 4.18. The third kappa shape index (κ3) is 2.37. The molecule has 1 heterocycles. The topological polar surface area (TPSA) is 29.5 Å². The van der Waals surface area contributed by atoms with Crippen molar-refractivity contribution in [3.8, 4) is 0 Å². The van der Waals surface area contributed by atoms with E-state index in [1.54, 1.807) is 29.2 Å². The van der Waals surface area contributed by atoms with Crippen molar-refractivity contribution in [3.63, 3.8) is 0 Å². The molecule has 1 atom stereocenters. The van der Waals surface area contributed by atoms with E-state index in [1.807, 2.05) is 0 Å². The molecule has 1 saturated heterocycles. The number of ether oxygens (including phenoxy) is 1. The first-order valence-corrected chi connectivity index (χ1v) is 6.82. The van der Waals surface area contributed by atoms with Crippen LogP contribution in [-0.4, -0.2) is 32.1 Å². The van der Waals surface area contributed by atoms with Crippen molar-refractivity contribution in [2.45, 2.75) is 18.8 Å². The zero-order valence-corrected chi connectivity index (χ0v) is 11.3. The van der Waals surface area contributed by atoms with Gasteiger partial charge in [0.1, 0.15) is 0 Å². The van der Waals surface area contributed by atoms with Gasteiger partial charge < -0.3 is 9.64 Å². The highest BCUT2D eigenvalue weighted by atomic mass is 19.3. The van der Waals surface area contributed by atoms with Crippen LogP contribution in [0.25, 0.3) is 0 Å². The van der Waals surface area contributed by atoms with E-state index in [0.29, 0.717) is 17.8 Å². The quantitative estimate of drug-likeness (QED) is 0.798. The summed E-state index contributed by atoms with van der Waals surface area (Å²) >= 11 is 0. The van der Waals surface area contributed by atoms with Crippen molar-refractivity contribution in [1.29, 1.82) is 0 Å². The number of anilines is 1. The second kappa shape index (κ2) is 4.72. The molecule has 5 heteroatoms. The molecule has 0 spiro atoms. The van der Waals surface area contributed by atoms with Crippen molar-refractivity contribution in [1.82, 2.24) is 0 Å². The van der Waals surface area contributed by atoms with Crippen molar-refractivity contribution in [3.05, 3.63) is 29.8 Å². The fourth-order valence-corrected chi connectivity index (χ4v) is 2.94. The van der Waals surface area contributed by atoms with Gasteiger partial charge in [0.15, 0.2) is 0 Å². The first kappa shape index (κ1) is 13.3. The van der Waals surface area contributed by atoms with Gasteiger partial charge in [-0.2, -0.15) is 0 Å². The Kier molecular flexibility index (Phi) is 3.15. The van der Waals surface area contributed by atoms with Gasteiger partial charge in [0.05, 0.1) is 19.2 Å². The minimum atomic E-state index is -2.64. The minimum Gasteiger partial charge on any atom is -0.465 e. The van der Waals surface area contributed by atoms with E-state index in [9.17, 15) is 13.6 Å². The second-order valence-electron chi connectivity index (χ2n) is 5.63. The van der Waals surface area contributed by atoms with Crippen LogP contribution in [0.2, 0.25) is 0 Å². The van der Waals surface area contributed by atoms with Crippen LogP contribution in [0, 0.1) is 11.8 Å². The van der Waals surface area contributed by atoms with Crippen LogP contribution >= 0.6 is 0 Å². The van der Waals surface area contributed by atoms with E-state index in [-0.39, 0.29) is 12.5 Å². The molecule has 2 aliphatic rings. The van der Waals surface area contributed by atoms with Gasteiger partial charge in [0, 0.05) is 18.2 Å². The lowest BCUT2D eigenvalue weighted by Crippen LogP contribution is -2.28. The van der Waals surface area contributed by atoms with E-state index in [2.05, 4.69) is 4.74 Å². The van der Waals surface area contributed by atoms with Gasteiger partial charge in [-0.15, -0.1) is 0 Å². The average molecular weight is 281 g/mol. The number of hydrogen-bond donors (Lipinski definition) is 0. The maximum absolute atomic E-state index is 14.0. The predicted octanol–water partition coefficient (Wildman–Crippen LogP) is 2.95. The maximum Gasteiger partial charge on any atom is 0.337 e. The normalized spacial score (nSPS) is 24.8. The molecular weight excluding hydrogens is 264 g/mol. The van der Waals surface area contributed by atoms with Gasteiger partial charge in [-0.25, -0.2) is 13.6 Å².